The molecule has 0 N–H and O–H groups in total. The van der Waals surface area contributed by atoms with Crippen LogP contribution in [-0.2, 0) is 0 Å². The topological polar surface area (TPSA) is 9.23 Å². The van der Waals surface area contributed by atoms with Gasteiger partial charge in [-0.2, -0.15) is 0 Å². The molecular weight excluding hydrogens is 496 g/mol. The fourth-order valence-corrected chi connectivity index (χ4v) is 7.04. The molecule has 0 aromatic heterocycles. The monoisotopic (exact) mass is 520 g/mol. The van der Waals surface area contributed by atoms with Crippen molar-refractivity contribution < 1.29 is 4.74 Å². The molecule has 1 aliphatic heterocycles. The summed E-state index contributed by atoms with van der Waals surface area (Å²) in [6, 6.07) is 46.2. The van der Waals surface area contributed by atoms with E-state index in [4.69, 9.17) is 4.74 Å². The summed E-state index contributed by atoms with van der Waals surface area (Å²) in [7, 11) is 0. The van der Waals surface area contributed by atoms with Crippen LogP contribution in [0.2, 0.25) is 0 Å². The normalized spacial score (nSPS) is 17.1. The lowest BCUT2D eigenvalue weighted by atomic mass is 9.83. The summed E-state index contributed by atoms with van der Waals surface area (Å²) in [6.07, 6.45) is 8.70. The molecule has 0 bridgehead atoms. The van der Waals surface area contributed by atoms with Gasteiger partial charge in [0.1, 0.15) is 11.9 Å². The van der Waals surface area contributed by atoms with E-state index < -0.39 is 0 Å². The Hall–Kier alpha value is -5.32. The second-order valence-corrected chi connectivity index (χ2v) is 11.0. The zero-order chi connectivity index (χ0) is 26.9. The number of ether oxygens (including phenoxy) is 1. The van der Waals surface area contributed by atoms with Crippen LogP contribution in [0.15, 0.2) is 133 Å². The van der Waals surface area contributed by atoms with Crippen molar-refractivity contribution in [2.45, 2.75) is 12.0 Å². The van der Waals surface area contributed by atoms with Crippen LogP contribution in [-0.4, -0.2) is 6.10 Å². The average molecular weight is 521 g/mol. The molecule has 1 aliphatic carbocycles. The van der Waals surface area contributed by atoms with Gasteiger partial charge in [0.2, 0.25) is 0 Å². The average Bonchev–Trinajstić information content (AvgIpc) is 3.41. The van der Waals surface area contributed by atoms with E-state index in [1.807, 2.05) is 6.07 Å². The van der Waals surface area contributed by atoms with Gasteiger partial charge in [0.25, 0.3) is 0 Å². The molecule has 9 rings (SSSR count). The summed E-state index contributed by atoms with van der Waals surface area (Å²) < 4.78 is 6.44. The van der Waals surface area contributed by atoms with Gasteiger partial charge in [0, 0.05) is 16.9 Å². The second-order valence-electron chi connectivity index (χ2n) is 11.0. The highest BCUT2D eigenvalue weighted by molar-refractivity contribution is 6.25. The largest absolute Gasteiger partial charge is 0.485 e. The Morgan fingerprint density at radius 3 is 2.00 bits per heavy atom. The highest BCUT2D eigenvalue weighted by Crippen LogP contribution is 2.48. The molecule has 0 spiro atoms. The fraction of sp³-hybridized carbons (Fsp3) is 0.0500. The van der Waals surface area contributed by atoms with Crippen molar-refractivity contribution in [1.29, 1.82) is 0 Å². The maximum Gasteiger partial charge on any atom is 0.128 e. The number of benzene rings is 6. The Bertz CT molecular complexity index is 2190. The van der Waals surface area contributed by atoms with Gasteiger partial charge in [-0.15, -0.1) is 0 Å². The number of rotatable bonds is 2. The Labute approximate surface area is 238 Å². The van der Waals surface area contributed by atoms with Crippen molar-refractivity contribution in [2.75, 3.05) is 0 Å². The van der Waals surface area contributed by atoms with Crippen LogP contribution in [0.3, 0.4) is 0 Å². The minimum absolute atomic E-state index is 0.0807. The molecule has 7 aromatic carbocycles. The smallest absolute Gasteiger partial charge is 0.128 e. The van der Waals surface area contributed by atoms with Crippen molar-refractivity contribution in [2.24, 2.45) is 0 Å². The fourth-order valence-electron chi connectivity index (χ4n) is 7.04. The Morgan fingerprint density at radius 1 is 0.585 bits per heavy atom. The first-order chi connectivity index (χ1) is 20.3. The van der Waals surface area contributed by atoms with Crippen LogP contribution in [0.4, 0.5) is 0 Å². The highest BCUT2D eigenvalue weighted by Gasteiger charge is 2.32. The van der Waals surface area contributed by atoms with Gasteiger partial charge in [0.15, 0.2) is 0 Å². The van der Waals surface area contributed by atoms with E-state index in [1.54, 1.807) is 0 Å². The van der Waals surface area contributed by atoms with E-state index in [-0.39, 0.29) is 12.0 Å². The summed E-state index contributed by atoms with van der Waals surface area (Å²) in [4.78, 5) is 0. The van der Waals surface area contributed by atoms with Gasteiger partial charge < -0.3 is 4.74 Å². The summed E-state index contributed by atoms with van der Waals surface area (Å²) in [6.45, 7) is 0. The molecule has 0 fully saturated rings. The summed E-state index contributed by atoms with van der Waals surface area (Å²) in [5.41, 5.74) is 6.21. The maximum absolute atomic E-state index is 6.44. The van der Waals surface area contributed by atoms with Gasteiger partial charge >= 0.3 is 0 Å². The van der Waals surface area contributed by atoms with E-state index in [1.165, 1.54) is 65.5 Å². The van der Waals surface area contributed by atoms with Gasteiger partial charge in [0.05, 0.1) is 0 Å². The molecule has 1 heterocycles. The third-order valence-corrected chi connectivity index (χ3v) is 8.83. The van der Waals surface area contributed by atoms with E-state index in [9.17, 15) is 0 Å². The van der Waals surface area contributed by atoms with Gasteiger partial charge in [-0.05, 0) is 90.3 Å². The Balaban J connectivity index is 1.37. The lowest BCUT2D eigenvalue weighted by Gasteiger charge is -2.19. The molecule has 1 nitrogen and oxygen atoms in total. The summed E-state index contributed by atoms with van der Waals surface area (Å²) in [5.74, 6) is 1.27. The molecule has 41 heavy (non-hydrogen) atoms. The number of hydrogen-bond donors (Lipinski definition) is 0. The predicted octanol–water partition coefficient (Wildman–Crippen LogP) is 10.2. The van der Waals surface area contributed by atoms with Crippen molar-refractivity contribution >= 4 is 43.1 Å². The first-order valence-corrected chi connectivity index (χ1v) is 14.2. The quantitative estimate of drug-likeness (QED) is 0.206. The van der Waals surface area contributed by atoms with Crippen LogP contribution in [0.5, 0.6) is 5.75 Å². The maximum atomic E-state index is 6.44. The van der Waals surface area contributed by atoms with Crippen molar-refractivity contribution in [3.63, 3.8) is 0 Å². The van der Waals surface area contributed by atoms with E-state index in [0.717, 1.165) is 11.1 Å². The third-order valence-electron chi connectivity index (χ3n) is 8.83. The molecule has 0 amide bonds. The molecule has 2 aliphatic rings. The third kappa shape index (κ3) is 3.25. The molecule has 190 valence electrons. The zero-order valence-electron chi connectivity index (χ0n) is 22.3. The highest BCUT2D eigenvalue weighted by atomic mass is 16.5. The number of allylic oxidation sites excluding steroid dienone is 2. The minimum Gasteiger partial charge on any atom is -0.485 e. The summed E-state index contributed by atoms with van der Waals surface area (Å²) in [5, 5.41) is 9.71. The standard InChI is InChI=1S/C40H24O/c1-2-12-27-25(11-1)23-36(29-14-4-3-13-28(27)29)40-34-18-7-5-16-32(34)39(33-17-6-8-19-35(33)40)26-21-22-31-30-15-9-10-20-37(30)41-38(31)24-26/h1,3-11,13-24,30,37H. The zero-order valence-corrected chi connectivity index (χ0v) is 22.3. The van der Waals surface area contributed by atoms with E-state index >= 15 is 0 Å². The van der Waals surface area contributed by atoms with Crippen molar-refractivity contribution in [3.05, 3.63) is 151 Å². The molecule has 1 heteroatoms. The van der Waals surface area contributed by atoms with Crippen LogP contribution in [0.1, 0.15) is 11.5 Å². The summed E-state index contributed by atoms with van der Waals surface area (Å²) >= 11 is 0. The van der Waals surface area contributed by atoms with Crippen LogP contribution in [0, 0.1) is 12.1 Å². The molecule has 7 aromatic rings. The van der Waals surface area contributed by atoms with Gasteiger partial charge in [-0.3, -0.25) is 0 Å². The molecule has 0 radical (unpaired) electrons. The van der Waals surface area contributed by atoms with E-state index in [2.05, 4.69) is 140 Å². The Kier molecular flexibility index (Phi) is 4.71. The minimum atomic E-state index is 0.0807. The molecule has 2 atom stereocenters. The van der Waals surface area contributed by atoms with Gasteiger partial charge in [-0.25, -0.2) is 0 Å². The first kappa shape index (κ1) is 22.5. The molecule has 2 unspecified atom stereocenters. The van der Waals surface area contributed by atoms with Gasteiger partial charge in [-0.1, -0.05) is 115 Å². The number of hydrogen-bond acceptors (Lipinski definition) is 1. The SMILES string of the molecule is c1ccc2cc(-c3c4ccccc4c(-c4ccc5c(c4)OC4C=CC=CC54)c4ccccc34)c3ccccc3c2c#1. The molecular formula is C40H24O. The second kappa shape index (κ2) is 8.59. The van der Waals surface area contributed by atoms with Crippen molar-refractivity contribution in [3.8, 4) is 28.0 Å². The van der Waals surface area contributed by atoms with Crippen molar-refractivity contribution in [1.82, 2.24) is 0 Å². The van der Waals surface area contributed by atoms with Crippen LogP contribution in [0.25, 0.3) is 65.3 Å². The Morgan fingerprint density at radius 2 is 1.24 bits per heavy atom. The number of fused-ring (bicyclic) bond motifs is 8. The lowest BCUT2D eigenvalue weighted by Crippen LogP contribution is -2.15. The van der Waals surface area contributed by atoms with Crippen LogP contribution < -0.4 is 4.74 Å². The molecule has 0 saturated carbocycles. The first-order valence-electron chi connectivity index (χ1n) is 14.2. The predicted molar refractivity (Wildman–Crippen MR) is 170 cm³/mol. The van der Waals surface area contributed by atoms with Crippen LogP contribution >= 0.6 is 0 Å². The lowest BCUT2D eigenvalue weighted by molar-refractivity contribution is 0.269. The molecule has 0 saturated heterocycles. The van der Waals surface area contributed by atoms with E-state index in [0.29, 0.717) is 0 Å².